The molecule has 2 aromatic rings. The number of nitro benzene ring substituents is 1. The van der Waals surface area contributed by atoms with Crippen LogP contribution < -0.4 is 14.2 Å². The summed E-state index contributed by atoms with van der Waals surface area (Å²) in [7, 11) is 1.22. The van der Waals surface area contributed by atoms with Crippen molar-refractivity contribution in [3.05, 3.63) is 62.0 Å². The molecule has 2 amide bonds. The average Bonchev–Trinajstić information content (AvgIpc) is 3.03. The monoisotopic (exact) mass is 486 g/mol. The van der Waals surface area contributed by atoms with E-state index in [4.69, 9.17) is 14.2 Å². The summed E-state index contributed by atoms with van der Waals surface area (Å²) in [5.41, 5.74) is 1.58. The number of esters is 1. The third-order valence-electron chi connectivity index (χ3n) is 4.84. The van der Waals surface area contributed by atoms with Gasteiger partial charge < -0.3 is 14.2 Å². The van der Waals surface area contributed by atoms with Crippen molar-refractivity contribution < 1.29 is 33.5 Å². The van der Waals surface area contributed by atoms with E-state index in [1.54, 1.807) is 0 Å². The number of carbonyl (C=O) groups is 3. The number of thioether (sulfide) groups is 1. The van der Waals surface area contributed by atoms with Crippen molar-refractivity contribution in [3.8, 4) is 17.2 Å². The zero-order chi connectivity index (χ0) is 25.0. The quantitative estimate of drug-likeness (QED) is 0.177. The molecule has 11 heteroatoms. The summed E-state index contributed by atoms with van der Waals surface area (Å²) in [5.74, 6) is -1.10. The number of nitrogens with zero attached hydrogens (tertiary/aromatic N) is 2. The van der Waals surface area contributed by atoms with Gasteiger partial charge in [0.15, 0.2) is 0 Å². The summed E-state index contributed by atoms with van der Waals surface area (Å²) in [6.45, 7) is 5.10. The first kappa shape index (κ1) is 24.8. The van der Waals surface area contributed by atoms with E-state index in [0.29, 0.717) is 17.5 Å². The van der Waals surface area contributed by atoms with E-state index < -0.39 is 27.7 Å². The van der Waals surface area contributed by atoms with E-state index in [1.165, 1.54) is 25.3 Å². The number of hydrogen-bond donors (Lipinski definition) is 0. The highest BCUT2D eigenvalue weighted by atomic mass is 32.2. The Hall–Kier alpha value is -3.86. The first-order valence-electron chi connectivity index (χ1n) is 10.1. The maximum atomic E-state index is 12.8. The SMILES string of the molecule is COc1c(/C=C2\SC(=O)N(CCOc3cc(C)ccc3C)C2=O)ccc(OC(C)=O)c1[N+](=O)[O-]. The molecule has 1 aliphatic heterocycles. The lowest BCUT2D eigenvalue weighted by molar-refractivity contribution is -0.386. The molecule has 1 heterocycles. The predicted octanol–water partition coefficient (Wildman–Crippen LogP) is 4.26. The van der Waals surface area contributed by atoms with Gasteiger partial charge in [0, 0.05) is 12.5 Å². The number of aryl methyl sites for hydroxylation is 2. The summed E-state index contributed by atoms with van der Waals surface area (Å²) >= 11 is 0.709. The minimum absolute atomic E-state index is 0.0397. The molecule has 178 valence electrons. The van der Waals surface area contributed by atoms with E-state index in [9.17, 15) is 24.5 Å². The van der Waals surface area contributed by atoms with Gasteiger partial charge in [-0.25, -0.2) is 0 Å². The molecule has 1 saturated heterocycles. The van der Waals surface area contributed by atoms with Gasteiger partial charge in [-0.3, -0.25) is 29.4 Å². The van der Waals surface area contributed by atoms with Crippen LogP contribution >= 0.6 is 11.8 Å². The molecule has 3 rings (SSSR count). The van der Waals surface area contributed by atoms with Crippen molar-refractivity contribution in [2.75, 3.05) is 20.3 Å². The van der Waals surface area contributed by atoms with Gasteiger partial charge in [-0.1, -0.05) is 12.1 Å². The number of amides is 2. The second-order valence-corrected chi connectivity index (χ2v) is 8.33. The number of ether oxygens (including phenoxy) is 3. The van der Waals surface area contributed by atoms with E-state index in [-0.39, 0.29) is 35.1 Å². The molecule has 34 heavy (non-hydrogen) atoms. The van der Waals surface area contributed by atoms with Crippen molar-refractivity contribution in [3.63, 3.8) is 0 Å². The topological polar surface area (TPSA) is 125 Å². The van der Waals surface area contributed by atoms with Crippen LogP contribution in [0.3, 0.4) is 0 Å². The molecule has 0 aromatic heterocycles. The summed E-state index contributed by atoms with van der Waals surface area (Å²) in [5, 5.41) is 11.1. The molecule has 0 radical (unpaired) electrons. The number of nitro groups is 1. The Bertz CT molecular complexity index is 1210. The normalized spacial score (nSPS) is 14.5. The van der Waals surface area contributed by atoms with Crippen LogP contribution in [-0.4, -0.2) is 47.2 Å². The van der Waals surface area contributed by atoms with Crippen molar-refractivity contribution >= 4 is 40.6 Å². The highest BCUT2D eigenvalue weighted by Crippen LogP contribution is 2.42. The van der Waals surface area contributed by atoms with Crippen molar-refractivity contribution in [1.29, 1.82) is 0 Å². The molecule has 1 fully saturated rings. The molecular weight excluding hydrogens is 464 g/mol. The highest BCUT2D eigenvalue weighted by molar-refractivity contribution is 8.18. The van der Waals surface area contributed by atoms with Gasteiger partial charge in [-0.05, 0) is 61.0 Å². The van der Waals surface area contributed by atoms with Gasteiger partial charge >= 0.3 is 11.7 Å². The fraction of sp³-hybridized carbons (Fsp3) is 0.261. The highest BCUT2D eigenvalue weighted by Gasteiger charge is 2.36. The second-order valence-electron chi connectivity index (χ2n) is 7.34. The maximum absolute atomic E-state index is 12.8. The summed E-state index contributed by atoms with van der Waals surface area (Å²) < 4.78 is 15.8. The van der Waals surface area contributed by atoms with Gasteiger partial charge in [0.05, 0.1) is 23.5 Å². The van der Waals surface area contributed by atoms with Gasteiger partial charge in [0.2, 0.25) is 11.5 Å². The zero-order valence-electron chi connectivity index (χ0n) is 18.9. The molecular formula is C23H22N2O8S. The number of hydrogen-bond acceptors (Lipinski definition) is 9. The Morgan fingerprint density at radius 3 is 2.56 bits per heavy atom. The summed E-state index contributed by atoms with van der Waals surface area (Å²) in [6.07, 6.45) is 1.33. The van der Waals surface area contributed by atoms with Crippen LogP contribution in [0.4, 0.5) is 10.5 Å². The number of methoxy groups -OCH3 is 1. The zero-order valence-corrected chi connectivity index (χ0v) is 19.8. The van der Waals surface area contributed by atoms with Crippen molar-refractivity contribution in [2.45, 2.75) is 20.8 Å². The first-order valence-corrected chi connectivity index (χ1v) is 10.9. The third-order valence-corrected chi connectivity index (χ3v) is 5.75. The number of benzene rings is 2. The molecule has 0 bridgehead atoms. The number of imide groups is 1. The van der Waals surface area contributed by atoms with E-state index in [2.05, 4.69) is 0 Å². The fourth-order valence-electron chi connectivity index (χ4n) is 3.25. The average molecular weight is 487 g/mol. The van der Waals surface area contributed by atoms with E-state index in [0.717, 1.165) is 23.0 Å². The molecule has 2 aromatic carbocycles. The Morgan fingerprint density at radius 2 is 1.91 bits per heavy atom. The summed E-state index contributed by atoms with van der Waals surface area (Å²) in [4.78, 5) is 48.5. The van der Waals surface area contributed by atoms with Gasteiger partial charge in [0.25, 0.3) is 11.1 Å². The minimum atomic E-state index is -0.745. The van der Waals surface area contributed by atoms with Gasteiger partial charge in [-0.2, -0.15) is 0 Å². The fourth-order valence-corrected chi connectivity index (χ4v) is 4.11. The second kappa shape index (κ2) is 10.4. The largest absolute Gasteiger partial charge is 0.491 e. The molecule has 0 N–H and O–H groups in total. The van der Waals surface area contributed by atoms with Crippen LogP contribution in [0.5, 0.6) is 17.2 Å². The Morgan fingerprint density at radius 1 is 1.18 bits per heavy atom. The number of rotatable bonds is 8. The van der Waals surface area contributed by atoms with Gasteiger partial charge in [-0.15, -0.1) is 0 Å². The van der Waals surface area contributed by atoms with Crippen LogP contribution in [-0.2, 0) is 9.59 Å². The molecule has 0 atom stereocenters. The van der Waals surface area contributed by atoms with Crippen molar-refractivity contribution in [2.24, 2.45) is 0 Å². The van der Waals surface area contributed by atoms with Crippen LogP contribution in [0, 0.1) is 24.0 Å². The van der Waals surface area contributed by atoms with E-state index >= 15 is 0 Å². The maximum Gasteiger partial charge on any atom is 0.353 e. The lowest BCUT2D eigenvalue weighted by Gasteiger charge is -2.14. The van der Waals surface area contributed by atoms with Crippen LogP contribution in [0.25, 0.3) is 6.08 Å². The van der Waals surface area contributed by atoms with Crippen molar-refractivity contribution in [1.82, 2.24) is 4.90 Å². The molecule has 0 saturated carbocycles. The standard InChI is InChI=1S/C23H22N2O8S/c1-13-5-6-14(2)18(11-13)32-10-9-24-22(27)19(34-23(24)28)12-16-7-8-17(33-15(3)26)20(25(29)30)21(16)31-4/h5-8,11-12H,9-10H2,1-4H3/b19-12-. The minimum Gasteiger partial charge on any atom is -0.491 e. The molecule has 0 aliphatic carbocycles. The first-order chi connectivity index (χ1) is 16.1. The van der Waals surface area contributed by atoms with Crippen LogP contribution in [0.15, 0.2) is 35.2 Å². The number of carbonyl (C=O) groups excluding carboxylic acids is 3. The molecule has 0 unspecified atom stereocenters. The molecule has 10 nitrogen and oxygen atoms in total. The third kappa shape index (κ3) is 5.37. The predicted molar refractivity (Wildman–Crippen MR) is 125 cm³/mol. The summed E-state index contributed by atoms with van der Waals surface area (Å²) in [6, 6.07) is 8.40. The molecule has 1 aliphatic rings. The molecule has 0 spiro atoms. The van der Waals surface area contributed by atoms with E-state index in [1.807, 2.05) is 32.0 Å². The van der Waals surface area contributed by atoms with Crippen LogP contribution in [0.2, 0.25) is 0 Å². The lowest BCUT2D eigenvalue weighted by atomic mass is 10.1. The van der Waals surface area contributed by atoms with Gasteiger partial charge in [0.1, 0.15) is 12.4 Å². The smallest absolute Gasteiger partial charge is 0.353 e. The Balaban J connectivity index is 1.81. The Labute approximate surface area is 199 Å². The Kier molecular flexibility index (Phi) is 7.57. The lowest BCUT2D eigenvalue weighted by Crippen LogP contribution is -2.32. The van der Waals surface area contributed by atoms with Crippen LogP contribution in [0.1, 0.15) is 23.6 Å².